The highest BCUT2D eigenvalue weighted by Crippen LogP contribution is 2.45. The number of benzene rings is 1. The van der Waals surface area contributed by atoms with Crippen LogP contribution in [0.5, 0.6) is 0 Å². The van der Waals surface area contributed by atoms with Crippen molar-refractivity contribution in [2.24, 2.45) is 0 Å². The molecule has 6 nitrogen and oxygen atoms in total. The number of hydrogen-bond acceptors (Lipinski definition) is 6. The summed E-state index contributed by atoms with van der Waals surface area (Å²) in [6, 6.07) is 7.14. The summed E-state index contributed by atoms with van der Waals surface area (Å²) in [5.74, 6) is -1.73. The van der Waals surface area contributed by atoms with Crippen molar-refractivity contribution in [2.45, 2.75) is 25.9 Å². The second kappa shape index (κ2) is 8.15. The van der Waals surface area contributed by atoms with Gasteiger partial charge >= 0.3 is 11.9 Å². The molecular formula is C20H22ClNO5. The van der Waals surface area contributed by atoms with Crippen LogP contribution in [0.15, 0.2) is 46.7 Å². The summed E-state index contributed by atoms with van der Waals surface area (Å²) < 4.78 is 16.2. The molecule has 27 heavy (non-hydrogen) atoms. The summed E-state index contributed by atoms with van der Waals surface area (Å²) in [7, 11) is 1.32. The van der Waals surface area contributed by atoms with Gasteiger partial charge in [-0.25, -0.2) is 9.59 Å². The summed E-state index contributed by atoms with van der Waals surface area (Å²) in [6.07, 6.45) is -0.522. The van der Waals surface area contributed by atoms with Gasteiger partial charge < -0.3 is 19.5 Å². The molecule has 0 radical (unpaired) electrons. The Kier molecular flexibility index (Phi) is 5.87. The number of rotatable bonds is 4. The number of halogens is 1. The van der Waals surface area contributed by atoms with E-state index in [9.17, 15) is 9.59 Å². The highest BCUT2D eigenvalue weighted by molar-refractivity contribution is 6.31. The fourth-order valence-electron chi connectivity index (χ4n) is 3.63. The van der Waals surface area contributed by atoms with E-state index >= 15 is 0 Å². The van der Waals surface area contributed by atoms with Crippen LogP contribution < -0.4 is 5.32 Å². The first-order valence-corrected chi connectivity index (χ1v) is 9.19. The molecule has 0 aromatic heterocycles. The molecule has 0 saturated carbocycles. The third-order valence-corrected chi connectivity index (χ3v) is 5.11. The molecule has 1 heterocycles. The topological polar surface area (TPSA) is 73.9 Å². The Morgan fingerprint density at radius 2 is 2.00 bits per heavy atom. The normalized spacial score (nSPS) is 22.1. The number of methoxy groups -OCH3 is 1. The Balaban J connectivity index is 2.28. The Labute approximate surface area is 163 Å². The maximum Gasteiger partial charge on any atom is 0.336 e. The average Bonchev–Trinajstić information content (AvgIpc) is 2.68. The van der Waals surface area contributed by atoms with Crippen molar-refractivity contribution in [3.63, 3.8) is 0 Å². The summed E-state index contributed by atoms with van der Waals surface area (Å²) in [5.41, 5.74) is 2.64. The molecule has 1 aromatic rings. The van der Waals surface area contributed by atoms with Crippen molar-refractivity contribution < 1.29 is 23.8 Å². The van der Waals surface area contributed by atoms with Gasteiger partial charge in [0.25, 0.3) is 0 Å². The predicted octanol–water partition coefficient (Wildman–Crippen LogP) is 2.73. The zero-order chi connectivity index (χ0) is 19.6. The molecule has 7 heteroatoms. The molecule has 0 bridgehead atoms. The molecule has 2 unspecified atom stereocenters. The fourth-order valence-corrected chi connectivity index (χ4v) is 3.88. The van der Waals surface area contributed by atoms with Crippen LogP contribution in [0.2, 0.25) is 5.02 Å². The Bertz CT molecular complexity index is 829. The molecule has 1 N–H and O–H groups in total. The molecule has 3 rings (SSSR count). The van der Waals surface area contributed by atoms with Gasteiger partial charge in [0.05, 0.1) is 43.1 Å². The minimum atomic E-state index is -0.703. The number of fused-ring (bicyclic) bond motifs is 1. The van der Waals surface area contributed by atoms with E-state index in [1.165, 1.54) is 7.11 Å². The number of esters is 2. The minimum absolute atomic E-state index is 0.215. The lowest BCUT2D eigenvalue weighted by molar-refractivity contribution is -0.139. The van der Waals surface area contributed by atoms with E-state index in [0.29, 0.717) is 46.2 Å². The third kappa shape index (κ3) is 3.47. The molecule has 1 fully saturated rings. The van der Waals surface area contributed by atoms with Crippen LogP contribution >= 0.6 is 11.6 Å². The van der Waals surface area contributed by atoms with E-state index in [1.54, 1.807) is 25.1 Å². The van der Waals surface area contributed by atoms with Gasteiger partial charge in [-0.3, -0.25) is 0 Å². The van der Waals surface area contributed by atoms with Crippen molar-refractivity contribution in [3.05, 3.63) is 57.3 Å². The lowest BCUT2D eigenvalue weighted by Gasteiger charge is -2.38. The molecular weight excluding hydrogens is 370 g/mol. The van der Waals surface area contributed by atoms with Gasteiger partial charge in [0.1, 0.15) is 6.10 Å². The third-order valence-electron chi connectivity index (χ3n) is 4.77. The van der Waals surface area contributed by atoms with E-state index in [0.717, 1.165) is 0 Å². The Morgan fingerprint density at radius 3 is 2.67 bits per heavy atom. The maximum atomic E-state index is 12.9. The molecule has 0 amide bonds. The van der Waals surface area contributed by atoms with Gasteiger partial charge in [-0.05, 0) is 31.1 Å². The summed E-state index contributed by atoms with van der Waals surface area (Å²) >= 11 is 6.44. The Hall–Kier alpha value is -2.31. The van der Waals surface area contributed by atoms with Crippen molar-refractivity contribution in [2.75, 3.05) is 26.9 Å². The van der Waals surface area contributed by atoms with Gasteiger partial charge in [0, 0.05) is 11.6 Å². The van der Waals surface area contributed by atoms with Crippen LogP contribution in [0.25, 0.3) is 0 Å². The van der Waals surface area contributed by atoms with Crippen molar-refractivity contribution >= 4 is 23.5 Å². The first-order valence-electron chi connectivity index (χ1n) is 8.81. The smallest absolute Gasteiger partial charge is 0.336 e. The van der Waals surface area contributed by atoms with E-state index < -0.39 is 24.0 Å². The number of nitrogens with one attached hydrogen (secondary N) is 1. The second-order valence-electron chi connectivity index (χ2n) is 6.27. The Morgan fingerprint density at radius 1 is 1.26 bits per heavy atom. The zero-order valence-electron chi connectivity index (χ0n) is 15.5. The van der Waals surface area contributed by atoms with Crippen LogP contribution in [0.3, 0.4) is 0 Å². The molecule has 1 aliphatic carbocycles. The van der Waals surface area contributed by atoms with Gasteiger partial charge in [-0.1, -0.05) is 29.8 Å². The van der Waals surface area contributed by atoms with Crippen LogP contribution in [0, 0.1) is 0 Å². The van der Waals surface area contributed by atoms with Gasteiger partial charge in [-0.15, -0.1) is 0 Å². The quantitative estimate of drug-likeness (QED) is 0.795. The van der Waals surface area contributed by atoms with Crippen LogP contribution in [-0.2, 0) is 23.8 Å². The average molecular weight is 392 g/mol. The lowest BCUT2D eigenvalue weighted by atomic mass is 9.75. The molecule has 1 aromatic carbocycles. The number of hydrogen-bond donors (Lipinski definition) is 1. The monoisotopic (exact) mass is 391 g/mol. The maximum absolute atomic E-state index is 12.9. The number of carbonyl (C=O) groups excluding carboxylic acids is 2. The van der Waals surface area contributed by atoms with Gasteiger partial charge in [0.15, 0.2) is 0 Å². The van der Waals surface area contributed by atoms with E-state index in [-0.39, 0.29) is 6.61 Å². The number of carbonyl (C=O) groups is 2. The molecule has 1 aliphatic heterocycles. The van der Waals surface area contributed by atoms with E-state index in [4.69, 9.17) is 25.8 Å². The molecule has 0 spiro atoms. The van der Waals surface area contributed by atoms with Gasteiger partial charge in [0.2, 0.25) is 0 Å². The van der Waals surface area contributed by atoms with Gasteiger partial charge in [-0.2, -0.15) is 0 Å². The van der Waals surface area contributed by atoms with Crippen LogP contribution in [-0.4, -0.2) is 44.9 Å². The zero-order valence-corrected chi connectivity index (χ0v) is 16.3. The molecule has 144 valence electrons. The second-order valence-corrected chi connectivity index (χ2v) is 6.68. The minimum Gasteiger partial charge on any atom is -0.466 e. The largest absolute Gasteiger partial charge is 0.466 e. The first-order chi connectivity index (χ1) is 13.0. The molecule has 2 aliphatic rings. The molecule has 2 atom stereocenters. The summed E-state index contributed by atoms with van der Waals surface area (Å²) in [4.78, 5) is 25.6. The standard InChI is InChI=1S/C20H22ClNO5/c1-4-26-20(24)16-15(12-7-5-6-8-13(12)21)14(19(23)25-3)11(2)18-17(16)22-9-10-27-18/h5-8,15,18,22H,4,9-10H2,1-3H3. The predicted molar refractivity (Wildman–Crippen MR) is 100 cm³/mol. The summed E-state index contributed by atoms with van der Waals surface area (Å²) in [5, 5.41) is 3.72. The summed E-state index contributed by atoms with van der Waals surface area (Å²) in [6.45, 7) is 4.79. The first kappa shape index (κ1) is 19.5. The van der Waals surface area contributed by atoms with Crippen molar-refractivity contribution in [3.8, 4) is 0 Å². The highest BCUT2D eigenvalue weighted by Gasteiger charge is 2.44. The fraction of sp³-hybridized carbons (Fsp3) is 0.400. The SMILES string of the molecule is CCOC(=O)C1=C2NCCOC2C(C)=C(C(=O)OC)C1c1ccccc1Cl. The molecule has 1 saturated heterocycles. The van der Waals surface area contributed by atoms with Crippen molar-refractivity contribution in [1.29, 1.82) is 0 Å². The highest BCUT2D eigenvalue weighted by atomic mass is 35.5. The van der Waals surface area contributed by atoms with E-state index in [1.807, 2.05) is 13.0 Å². The van der Waals surface area contributed by atoms with Crippen LogP contribution in [0.1, 0.15) is 25.3 Å². The number of ether oxygens (including phenoxy) is 3. The van der Waals surface area contributed by atoms with E-state index in [2.05, 4.69) is 5.32 Å². The number of morpholine rings is 1. The lowest BCUT2D eigenvalue weighted by Crippen LogP contribution is -2.44. The van der Waals surface area contributed by atoms with Crippen LogP contribution in [0.4, 0.5) is 0 Å². The van der Waals surface area contributed by atoms with Crippen molar-refractivity contribution in [1.82, 2.24) is 5.32 Å².